The van der Waals surface area contributed by atoms with Crippen LogP contribution in [0.2, 0.25) is 0 Å². The van der Waals surface area contributed by atoms with Crippen LogP contribution in [0.4, 0.5) is 0 Å². The fourth-order valence-electron chi connectivity index (χ4n) is 2.28. The molecule has 0 unspecified atom stereocenters. The molecule has 1 aromatic rings. The topological polar surface area (TPSA) is 45.5 Å². The van der Waals surface area contributed by atoms with Crippen LogP contribution in [0.1, 0.15) is 31.4 Å². The van der Waals surface area contributed by atoms with Gasteiger partial charge in [-0.1, -0.05) is 0 Å². The highest BCUT2D eigenvalue weighted by Gasteiger charge is 2.09. The van der Waals surface area contributed by atoms with E-state index in [1.807, 2.05) is 6.07 Å². The molecule has 0 spiro atoms. The number of likely N-dealkylation sites (tertiary alicyclic amines) is 1. The second kappa shape index (κ2) is 7.79. The number of unbranched alkanes of at least 4 members (excludes halogenated alkanes) is 1. The lowest BCUT2D eigenvalue weighted by Gasteiger charge is -2.13. The predicted molar refractivity (Wildman–Crippen MR) is 75.7 cm³/mol. The average Bonchev–Trinajstić information content (AvgIpc) is 3.09. The summed E-state index contributed by atoms with van der Waals surface area (Å²) in [6.45, 7) is 4.41. The average molecular weight is 262 g/mol. The van der Waals surface area contributed by atoms with Gasteiger partial charge < -0.3 is 14.6 Å². The van der Waals surface area contributed by atoms with Gasteiger partial charge in [-0.3, -0.25) is 4.79 Å². The second-order valence-electron chi connectivity index (χ2n) is 4.90. The van der Waals surface area contributed by atoms with E-state index in [2.05, 4.69) is 10.2 Å². The van der Waals surface area contributed by atoms with E-state index >= 15 is 0 Å². The maximum absolute atomic E-state index is 11.5. The largest absolute Gasteiger partial charge is 0.465 e. The van der Waals surface area contributed by atoms with Gasteiger partial charge in [0.15, 0.2) is 0 Å². The zero-order valence-electron chi connectivity index (χ0n) is 11.3. The van der Waals surface area contributed by atoms with Gasteiger partial charge in [0.1, 0.15) is 5.76 Å². The van der Waals surface area contributed by atoms with Crippen LogP contribution in [-0.2, 0) is 4.79 Å². The molecule has 2 rings (SSSR count). The van der Waals surface area contributed by atoms with Crippen molar-refractivity contribution in [2.24, 2.45) is 0 Å². The predicted octanol–water partition coefficient (Wildman–Crippen LogP) is 2.29. The van der Waals surface area contributed by atoms with E-state index in [-0.39, 0.29) is 5.91 Å². The number of furan rings is 1. The number of carbonyl (C=O) groups is 1. The van der Waals surface area contributed by atoms with Crippen molar-refractivity contribution in [3.8, 4) is 0 Å². The van der Waals surface area contributed by atoms with Crippen LogP contribution in [0.5, 0.6) is 0 Å². The summed E-state index contributed by atoms with van der Waals surface area (Å²) in [6, 6.07) is 3.62. The first-order chi connectivity index (χ1) is 9.34. The first kappa shape index (κ1) is 13.9. The van der Waals surface area contributed by atoms with Crippen LogP contribution in [0.25, 0.3) is 6.08 Å². The zero-order chi connectivity index (χ0) is 13.3. The maximum atomic E-state index is 11.5. The summed E-state index contributed by atoms with van der Waals surface area (Å²) in [7, 11) is 0. The summed E-state index contributed by atoms with van der Waals surface area (Å²) in [5, 5.41) is 2.88. The highest BCUT2D eigenvalue weighted by Crippen LogP contribution is 2.07. The van der Waals surface area contributed by atoms with E-state index in [9.17, 15) is 4.79 Å². The van der Waals surface area contributed by atoms with Crippen molar-refractivity contribution in [3.63, 3.8) is 0 Å². The number of amides is 1. The summed E-state index contributed by atoms with van der Waals surface area (Å²) in [5.41, 5.74) is 0. The van der Waals surface area contributed by atoms with Crippen molar-refractivity contribution in [1.29, 1.82) is 0 Å². The molecule has 19 heavy (non-hydrogen) atoms. The maximum Gasteiger partial charge on any atom is 0.244 e. The number of hydrogen-bond donors (Lipinski definition) is 1. The van der Waals surface area contributed by atoms with Gasteiger partial charge in [0, 0.05) is 12.6 Å². The molecule has 0 atom stereocenters. The summed E-state index contributed by atoms with van der Waals surface area (Å²) in [5.74, 6) is 0.641. The number of nitrogens with one attached hydrogen (secondary N) is 1. The lowest BCUT2D eigenvalue weighted by Crippen LogP contribution is -2.24. The molecular formula is C15H22N2O2. The third-order valence-electron chi connectivity index (χ3n) is 3.34. The molecule has 1 fully saturated rings. The van der Waals surface area contributed by atoms with Gasteiger partial charge in [0.05, 0.1) is 6.26 Å². The van der Waals surface area contributed by atoms with Gasteiger partial charge >= 0.3 is 0 Å². The van der Waals surface area contributed by atoms with Crippen molar-refractivity contribution in [2.45, 2.75) is 25.7 Å². The molecule has 0 radical (unpaired) electrons. The van der Waals surface area contributed by atoms with Crippen LogP contribution in [0.3, 0.4) is 0 Å². The fraction of sp³-hybridized carbons (Fsp3) is 0.533. The molecule has 2 heterocycles. The molecule has 0 aromatic carbocycles. The Hall–Kier alpha value is -1.55. The van der Waals surface area contributed by atoms with E-state index in [1.54, 1.807) is 18.4 Å². The molecule has 0 bridgehead atoms. The summed E-state index contributed by atoms with van der Waals surface area (Å²) in [6.07, 6.45) is 9.66. The fourth-order valence-corrected chi connectivity index (χ4v) is 2.28. The Balaban J connectivity index is 1.51. The summed E-state index contributed by atoms with van der Waals surface area (Å²) in [4.78, 5) is 14.0. The van der Waals surface area contributed by atoms with Crippen LogP contribution < -0.4 is 5.32 Å². The van der Waals surface area contributed by atoms with E-state index < -0.39 is 0 Å². The van der Waals surface area contributed by atoms with Crippen molar-refractivity contribution in [3.05, 3.63) is 30.2 Å². The Morgan fingerprint density at radius 2 is 2.21 bits per heavy atom. The highest BCUT2D eigenvalue weighted by atomic mass is 16.3. The summed E-state index contributed by atoms with van der Waals surface area (Å²) < 4.78 is 5.11. The van der Waals surface area contributed by atoms with Gasteiger partial charge in [-0.05, 0) is 63.5 Å². The van der Waals surface area contributed by atoms with Crippen LogP contribution in [-0.4, -0.2) is 37.0 Å². The summed E-state index contributed by atoms with van der Waals surface area (Å²) >= 11 is 0. The zero-order valence-corrected chi connectivity index (χ0v) is 11.3. The van der Waals surface area contributed by atoms with E-state index in [0.717, 1.165) is 25.9 Å². The van der Waals surface area contributed by atoms with Gasteiger partial charge in [-0.2, -0.15) is 0 Å². The molecule has 1 saturated heterocycles. The Morgan fingerprint density at radius 1 is 1.37 bits per heavy atom. The molecule has 1 aliphatic heterocycles. The smallest absolute Gasteiger partial charge is 0.244 e. The normalized spacial score (nSPS) is 16.2. The molecule has 1 aromatic heterocycles. The molecule has 1 amide bonds. The van der Waals surface area contributed by atoms with Crippen molar-refractivity contribution >= 4 is 12.0 Å². The van der Waals surface area contributed by atoms with E-state index in [0.29, 0.717) is 5.76 Å². The van der Waals surface area contributed by atoms with Crippen LogP contribution in [0, 0.1) is 0 Å². The number of carbonyl (C=O) groups excluding carboxylic acids is 1. The monoisotopic (exact) mass is 262 g/mol. The second-order valence-corrected chi connectivity index (χ2v) is 4.90. The molecule has 1 aliphatic rings. The van der Waals surface area contributed by atoms with Crippen molar-refractivity contribution in [1.82, 2.24) is 10.2 Å². The molecule has 104 valence electrons. The first-order valence-corrected chi connectivity index (χ1v) is 7.06. The van der Waals surface area contributed by atoms with Crippen LogP contribution in [0.15, 0.2) is 28.9 Å². The standard InChI is InChI=1S/C15H22N2O2/c18-15(8-7-14-6-5-13-19-14)16-9-1-2-10-17-11-3-4-12-17/h5-8,13H,1-4,9-12H2,(H,16,18)/b8-7+. The molecule has 0 aliphatic carbocycles. The number of rotatable bonds is 7. The third-order valence-corrected chi connectivity index (χ3v) is 3.34. The van der Waals surface area contributed by atoms with Gasteiger partial charge in [0.25, 0.3) is 0 Å². The number of nitrogens with zero attached hydrogens (tertiary/aromatic N) is 1. The Labute approximate surface area is 114 Å². The minimum absolute atomic E-state index is 0.0578. The molecular weight excluding hydrogens is 240 g/mol. The minimum atomic E-state index is -0.0578. The quantitative estimate of drug-likeness (QED) is 0.605. The lowest BCUT2D eigenvalue weighted by molar-refractivity contribution is -0.116. The molecule has 4 heteroatoms. The first-order valence-electron chi connectivity index (χ1n) is 7.06. The van der Waals surface area contributed by atoms with Crippen molar-refractivity contribution < 1.29 is 9.21 Å². The number of hydrogen-bond acceptors (Lipinski definition) is 3. The third kappa shape index (κ3) is 5.30. The lowest BCUT2D eigenvalue weighted by atomic mass is 10.3. The molecule has 1 N–H and O–H groups in total. The van der Waals surface area contributed by atoms with Gasteiger partial charge in [-0.15, -0.1) is 0 Å². The Morgan fingerprint density at radius 3 is 2.95 bits per heavy atom. The van der Waals surface area contributed by atoms with E-state index in [1.165, 1.54) is 32.0 Å². The van der Waals surface area contributed by atoms with Gasteiger partial charge in [0.2, 0.25) is 5.91 Å². The minimum Gasteiger partial charge on any atom is -0.465 e. The van der Waals surface area contributed by atoms with Gasteiger partial charge in [-0.25, -0.2) is 0 Å². The Bertz CT molecular complexity index is 392. The Kier molecular flexibility index (Phi) is 5.69. The van der Waals surface area contributed by atoms with Crippen LogP contribution >= 0.6 is 0 Å². The molecule has 4 nitrogen and oxygen atoms in total. The van der Waals surface area contributed by atoms with Crippen molar-refractivity contribution in [2.75, 3.05) is 26.2 Å². The highest BCUT2D eigenvalue weighted by molar-refractivity contribution is 5.91. The van der Waals surface area contributed by atoms with E-state index in [4.69, 9.17) is 4.42 Å². The molecule has 0 saturated carbocycles. The SMILES string of the molecule is O=C(/C=C/c1ccco1)NCCCCN1CCCC1.